The highest BCUT2D eigenvalue weighted by molar-refractivity contribution is 9.11. The van der Waals surface area contributed by atoms with Crippen LogP contribution in [0.25, 0.3) is 0 Å². The van der Waals surface area contributed by atoms with Crippen LogP contribution in [0.1, 0.15) is 12.7 Å². The zero-order valence-electron chi connectivity index (χ0n) is 7.93. The quantitative estimate of drug-likeness (QED) is 0.863. The van der Waals surface area contributed by atoms with Gasteiger partial charge in [-0.1, -0.05) is 29.4 Å². The molecular weight excluding hydrogens is 246 g/mol. The monoisotopic (exact) mass is 257 g/mol. The molecule has 1 rings (SSSR count). The molecule has 0 spiro atoms. The molecule has 5 heteroatoms. The Morgan fingerprint density at radius 3 is 3.07 bits per heavy atom. The SMILES string of the molecule is C=C(Br)CNc1cc(=O)[nH]c(CC)n1. The summed E-state index contributed by atoms with van der Waals surface area (Å²) in [6.07, 6.45) is 0.708. The van der Waals surface area contributed by atoms with Gasteiger partial charge in [0.15, 0.2) is 0 Å². The van der Waals surface area contributed by atoms with Gasteiger partial charge in [0.1, 0.15) is 11.6 Å². The summed E-state index contributed by atoms with van der Waals surface area (Å²) in [5, 5.41) is 2.98. The Kier molecular flexibility index (Phi) is 3.88. The number of halogens is 1. The van der Waals surface area contributed by atoms with Gasteiger partial charge >= 0.3 is 0 Å². The molecule has 14 heavy (non-hydrogen) atoms. The summed E-state index contributed by atoms with van der Waals surface area (Å²) in [4.78, 5) is 18.0. The van der Waals surface area contributed by atoms with Crippen LogP contribution >= 0.6 is 15.9 Å². The van der Waals surface area contributed by atoms with Crippen LogP contribution in [0.15, 0.2) is 21.9 Å². The summed E-state index contributed by atoms with van der Waals surface area (Å²) in [6, 6.07) is 1.43. The largest absolute Gasteiger partial charge is 0.365 e. The van der Waals surface area contributed by atoms with Crippen molar-refractivity contribution in [1.29, 1.82) is 0 Å². The van der Waals surface area contributed by atoms with Gasteiger partial charge in [0.2, 0.25) is 0 Å². The number of hydrogen-bond acceptors (Lipinski definition) is 3. The van der Waals surface area contributed by atoms with E-state index in [9.17, 15) is 4.79 Å². The van der Waals surface area contributed by atoms with Gasteiger partial charge in [-0.15, -0.1) is 0 Å². The zero-order chi connectivity index (χ0) is 10.6. The summed E-state index contributed by atoms with van der Waals surface area (Å²) in [5.74, 6) is 1.26. The van der Waals surface area contributed by atoms with Crippen LogP contribution in [0.5, 0.6) is 0 Å². The van der Waals surface area contributed by atoms with E-state index in [1.807, 2.05) is 6.92 Å². The van der Waals surface area contributed by atoms with Crippen LogP contribution in [-0.4, -0.2) is 16.5 Å². The molecule has 0 radical (unpaired) electrons. The molecule has 1 aromatic rings. The minimum atomic E-state index is -0.139. The molecule has 1 aromatic heterocycles. The molecule has 0 saturated carbocycles. The van der Waals surface area contributed by atoms with Gasteiger partial charge < -0.3 is 10.3 Å². The van der Waals surface area contributed by atoms with Gasteiger partial charge in [-0.2, -0.15) is 0 Å². The van der Waals surface area contributed by atoms with E-state index in [2.05, 4.69) is 37.8 Å². The second-order valence-corrected chi connectivity index (χ2v) is 3.92. The normalized spacial score (nSPS) is 9.86. The summed E-state index contributed by atoms with van der Waals surface area (Å²) in [6.45, 7) is 6.17. The second kappa shape index (κ2) is 4.95. The topological polar surface area (TPSA) is 57.8 Å². The van der Waals surface area contributed by atoms with Crippen LogP contribution in [0.4, 0.5) is 5.82 Å². The van der Waals surface area contributed by atoms with Crippen molar-refractivity contribution in [3.05, 3.63) is 33.3 Å². The van der Waals surface area contributed by atoms with E-state index in [-0.39, 0.29) is 5.56 Å². The third-order valence-electron chi connectivity index (χ3n) is 1.59. The molecule has 0 saturated heterocycles. The van der Waals surface area contributed by atoms with Crippen molar-refractivity contribution in [2.45, 2.75) is 13.3 Å². The summed E-state index contributed by atoms with van der Waals surface area (Å²) >= 11 is 3.22. The van der Waals surface area contributed by atoms with Crippen molar-refractivity contribution in [1.82, 2.24) is 9.97 Å². The van der Waals surface area contributed by atoms with Crippen LogP contribution in [0, 0.1) is 0 Å². The number of aromatic amines is 1. The maximum absolute atomic E-state index is 11.1. The predicted molar refractivity (Wildman–Crippen MR) is 60.8 cm³/mol. The van der Waals surface area contributed by atoms with Gasteiger partial charge in [0, 0.05) is 23.5 Å². The maximum Gasteiger partial charge on any atom is 0.252 e. The highest BCUT2D eigenvalue weighted by atomic mass is 79.9. The van der Waals surface area contributed by atoms with Crippen molar-refractivity contribution in [3.63, 3.8) is 0 Å². The summed E-state index contributed by atoms with van der Waals surface area (Å²) < 4.78 is 0.817. The molecule has 0 aliphatic rings. The number of H-pyrrole nitrogens is 1. The van der Waals surface area contributed by atoms with E-state index in [0.717, 1.165) is 4.48 Å². The molecule has 0 aromatic carbocycles. The molecular formula is C9H12BrN3O. The number of aromatic nitrogens is 2. The molecule has 0 fully saturated rings. The zero-order valence-corrected chi connectivity index (χ0v) is 9.52. The highest BCUT2D eigenvalue weighted by Crippen LogP contribution is 2.04. The van der Waals surface area contributed by atoms with Crippen molar-refractivity contribution in [2.75, 3.05) is 11.9 Å². The van der Waals surface area contributed by atoms with Crippen LogP contribution < -0.4 is 10.9 Å². The Morgan fingerprint density at radius 1 is 1.79 bits per heavy atom. The Balaban J connectivity index is 2.81. The van der Waals surface area contributed by atoms with Crippen molar-refractivity contribution >= 4 is 21.7 Å². The highest BCUT2D eigenvalue weighted by Gasteiger charge is 1.98. The fourth-order valence-electron chi connectivity index (χ4n) is 0.953. The lowest BCUT2D eigenvalue weighted by Crippen LogP contribution is -2.13. The van der Waals surface area contributed by atoms with Gasteiger partial charge in [-0.3, -0.25) is 4.79 Å². The Morgan fingerprint density at radius 2 is 2.50 bits per heavy atom. The fraction of sp³-hybridized carbons (Fsp3) is 0.333. The first-order valence-corrected chi connectivity index (χ1v) is 5.08. The van der Waals surface area contributed by atoms with Gasteiger partial charge in [0.05, 0.1) is 0 Å². The number of rotatable bonds is 4. The molecule has 0 atom stereocenters. The molecule has 2 N–H and O–H groups in total. The number of hydrogen-bond donors (Lipinski definition) is 2. The first-order chi connectivity index (χ1) is 6.61. The number of anilines is 1. The van der Waals surface area contributed by atoms with E-state index in [1.165, 1.54) is 6.07 Å². The van der Waals surface area contributed by atoms with E-state index in [4.69, 9.17) is 0 Å². The van der Waals surface area contributed by atoms with Crippen molar-refractivity contribution in [2.24, 2.45) is 0 Å². The van der Waals surface area contributed by atoms with E-state index < -0.39 is 0 Å². The number of aryl methyl sites for hydroxylation is 1. The third kappa shape index (κ3) is 3.33. The Labute approximate surface area is 90.6 Å². The van der Waals surface area contributed by atoms with E-state index >= 15 is 0 Å². The average Bonchev–Trinajstić information content (AvgIpc) is 2.14. The van der Waals surface area contributed by atoms with Crippen LogP contribution in [0.2, 0.25) is 0 Å². The summed E-state index contributed by atoms with van der Waals surface area (Å²) in [7, 11) is 0. The molecule has 0 amide bonds. The number of nitrogens with one attached hydrogen (secondary N) is 2. The molecule has 1 heterocycles. The molecule has 4 nitrogen and oxygen atoms in total. The van der Waals surface area contributed by atoms with Gasteiger partial charge in [0.25, 0.3) is 5.56 Å². The van der Waals surface area contributed by atoms with Gasteiger partial charge in [-0.25, -0.2) is 4.98 Å². The van der Waals surface area contributed by atoms with Crippen LogP contribution in [0.3, 0.4) is 0 Å². The second-order valence-electron chi connectivity index (χ2n) is 2.80. The van der Waals surface area contributed by atoms with E-state index in [0.29, 0.717) is 24.6 Å². The Bertz CT molecular complexity index is 386. The maximum atomic E-state index is 11.1. The third-order valence-corrected chi connectivity index (χ3v) is 1.87. The molecule has 0 aliphatic heterocycles. The number of nitrogens with zero attached hydrogens (tertiary/aromatic N) is 1. The molecule has 76 valence electrons. The Hall–Kier alpha value is -1.10. The summed E-state index contributed by atoms with van der Waals surface area (Å²) in [5.41, 5.74) is -0.139. The van der Waals surface area contributed by atoms with E-state index in [1.54, 1.807) is 0 Å². The van der Waals surface area contributed by atoms with Crippen molar-refractivity contribution < 1.29 is 0 Å². The lowest BCUT2D eigenvalue weighted by Gasteiger charge is -2.04. The predicted octanol–water partition coefficient (Wildman–Crippen LogP) is 1.65. The average molecular weight is 258 g/mol. The minimum absolute atomic E-state index is 0.139. The lowest BCUT2D eigenvalue weighted by molar-refractivity contribution is 0.920. The first-order valence-electron chi connectivity index (χ1n) is 4.29. The molecule has 0 aliphatic carbocycles. The van der Waals surface area contributed by atoms with Gasteiger partial charge in [-0.05, 0) is 0 Å². The first kappa shape index (κ1) is 11.0. The standard InChI is InChI=1S/C9H12BrN3O/c1-3-7-12-8(4-9(14)13-7)11-5-6(2)10/h4H,2-3,5H2,1H3,(H2,11,12,13,14). The lowest BCUT2D eigenvalue weighted by atomic mass is 10.4. The smallest absolute Gasteiger partial charge is 0.252 e. The minimum Gasteiger partial charge on any atom is -0.365 e. The molecule has 0 bridgehead atoms. The molecule has 0 unspecified atom stereocenters. The van der Waals surface area contributed by atoms with Crippen molar-refractivity contribution in [3.8, 4) is 0 Å². The van der Waals surface area contributed by atoms with Crippen LogP contribution in [-0.2, 0) is 6.42 Å². The fourth-order valence-corrected chi connectivity index (χ4v) is 1.09.